The van der Waals surface area contributed by atoms with Gasteiger partial charge in [0.25, 0.3) is 0 Å². The van der Waals surface area contributed by atoms with Crippen molar-refractivity contribution < 1.29 is 0 Å². The van der Waals surface area contributed by atoms with Crippen LogP contribution in [0, 0.1) is 11.1 Å². The number of nitrogens with zero attached hydrogens (tertiary/aromatic N) is 34. The first-order valence-corrected chi connectivity index (χ1v) is 7.05. The maximum Gasteiger partial charge on any atom is 0 e. The van der Waals surface area contributed by atoms with Crippen molar-refractivity contribution in [1.29, 1.82) is 11.1 Å². The fourth-order valence-corrected chi connectivity index (χ4v) is 0.577. The zero-order chi connectivity index (χ0) is 26.0. The molecule has 0 aromatic heterocycles. The lowest BCUT2D eigenvalue weighted by atomic mass is 12.3. The van der Waals surface area contributed by atoms with Gasteiger partial charge in [0.2, 0.25) is 0 Å². The van der Waals surface area contributed by atoms with Gasteiger partial charge in [-0.2, -0.15) is 11.1 Å². The smallest absolute Gasteiger partial charge is 0 e. The molecule has 0 amide bonds. The first-order chi connectivity index (χ1) is 17.9. The first-order valence-electron chi connectivity index (χ1n) is 7.05. The third kappa shape index (κ3) is 26.8. The normalized spacial score (nSPS) is 14.8. The molecule has 0 saturated heterocycles. The maximum atomic E-state index is 6.23. The van der Waals surface area contributed by atoms with Crippen LogP contribution < -0.4 is 0 Å². The summed E-state index contributed by atoms with van der Waals surface area (Å²) in [5, 5.41) is 99.5. The van der Waals surface area contributed by atoms with Crippen molar-refractivity contribution in [2.24, 2.45) is 178 Å². The topological polar surface area (TPSA) is 468 Å². The quantitative estimate of drug-likeness (QED) is 0.151. The lowest BCUT2D eigenvalue weighted by Crippen LogP contribution is -1.52. The van der Waals surface area contributed by atoms with Crippen molar-refractivity contribution in [3.63, 3.8) is 0 Å². The van der Waals surface area contributed by atoms with Crippen molar-refractivity contribution in [3.8, 4) is 0 Å². The van der Waals surface area contributed by atoms with Gasteiger partial charge in [0.1, 0.15) is 0 Å². The molecule has 0 aliphatic heterocycles. The average molecular weight is 506 g/mol. The minimum absolute atomic E-state index is 2.50. The standard InChI is InChI=1S/H2N36/c1-3-5-7-9-11-13-15-17-19-21-23-25-27-29-31-33-35-36-34-32-30-28-26-24-22-20-18-16-14-12-10-8-6-4-2/h1-2H/b3-1?,4-2?,7-5+,8-6+,11-9+,12-10+,15-13+,16-14+,19-17+,20-18+,23-21+,24-22+,27-25+,28-26+,31-29+,32-30+,35-33+,36-34+. The van der Waals surface area contributed by atoms with Gasteiger partial charge in [-0.05, 0) is 83.6 Å². The van der Waals surface area contributed by atoms with E-state index in [2.05, 4.69) is 178 Å². The molecular formula is H2N36. The Balaban J connectivity index is 4.00. The highest BCUT2D eigenvalue weighted by molar-refractivity contribution is 4.16. The molecule has 0 atom stereocenters. The fraction of sp³-hybridized carbons (Fsp3) is 0. The molecule has 0 fully saturated rings. The van der Waals surface area contributed by atoms with Gasteiger partial charge < -0.3 is 0 Å². The van der Waals surface area contributed by atoms with Gasteiger partial charge in [0, 0.05) is 94.0 Å². The number of rotatable bonds is 17. The molecule has 36 heavy (non-hydrogen) atoms. The summed E-state index contributed by atoms with van der Waals surface area (Å²) in [7, 11) is 0. The van der Waals surface area contributed by atoms with Crippen molar-refractivity contribution in [2.45, 2.75) is 0 Å². The summed E-state index contributed by atoms with van der Waals surface area (Å²) in [5.74, 6) is 0. The SMILES string of the molecule is N=N/N=N/N=N/N=N/N=N/N=N/N=N/N=N/N=N/N=N/N=N/N=N/N=N/N=N/N=N/N=N/N=N/N=N. The second-order valence-electron chi connectivity index (χ2n) is 3.06. The average Bonchev–Trinajstić information content (AvgIpc) is 2.89. The maximum absolute atomic E-state index is 6.23. The van der Waals surface area contributed by atoms with E-state index in [1.807, 2.05) is 0 Å². The third-order valence-corrected chi connectivity index (χ3v) is 1.33. The van der Waals surface area contributed by atoms with E-state index in [-0.39, 0.29) is 0 Å². The van der Waals surface area contributed by atoms with Crippen molar-refractivity contribution >= 4 is 0 Å². The fourth-order valence-electron chi connectivity index (χ4n) is 0.577. The zero-order valence-electron chi connectivity index (χ0n) is 16.2. The largest absolute Gasteiger partial charge is 0.183 e. The van der Waals surface area contributed by atoms with E-state index in [0.717, 1.165) is 0 Å². The lowest BCUT2D eigenvalue weighted by molar-refractivity contribution is 0.727. The van der Waals surface area contributed by atoms with Crippen molar-refractivity contribution in [1.82, 2.24) is 0 Å². The molecule has 0 rings (SSSR count). The molecule has 0 radical (unpaired) electrons. The molecule has 0 spiro atoms. The Labute approximate surface area is 189 Å². The lowest BCUT2D eigenvalue weighted by Gasteiger charge is -1.70. The summed E-state index contributed by atoms with van der Waals surface area (Å²) in [5.41, 5.74) is 12.5. The Morgan fingerprint density at radius 2 is 0.222 bits per heavy atom. The second kappa shape index (κ2) is 27.8. The van der Waals surface area contributed by atoms with Crippen molar-refractivity contribution in [3.05, 3.63) is 0 Å². The molecule has 2 N–H and O–H groups in total. The van der Waals surface area contributed by atoms with Crippen LogP contribution >= 0.6 is 0 Å². The van der Waals surface area contributed by atoms with E-state index in [1.54, 1.807) is 0 Å². The summed E-state index contributed by atoms with van der Waals surface area (Å²) < 4.78 is 0. The van der Waals surface area contributed by atoms with Gasteiger partial charge in [-0.25, -0.2) is 0 Å². The van der Waals surface area contributed by atoms with Gasteiger partial charge in [0.15, 0.2) is 0 Å². The van der Waals surface area contributed by atoms with E-state index in [0.29, 0.717) is 0 Å². The van der Waals surface area contributed by atoms with E-state index in [4.69, 9.17) is 11.1 Å². The van der Waals surface area contributed by atoms with Crippen LogP contribution in [0.5, 0.6) is 0 Å². The highest BCUT2D eigenvalue weighted by Gasteiger charge is 1.73. The van der Waals surface area contributed by atoms with Crippen LogP contribution in [0.4, 0.5) is 0 Å². The first kappa shape index (κ1) is 28.8. The monoisotopic (exact) mass is 506 g/mol. The predicted octanol–water partition coefficient (Wildman–Crippen LogP) is 6.84. The summed E-state index contributed by atoms with van der Waals surface area (Å²) in [6, 6.07) is 0. The number of hydrogen-bond donors (Lipinski definition) is 2. The third-order valence-electron chi connectivity index (χ3n) is 1.33. The Bertz CT molecular complexity index is 951. The van der Waals surface area contributed by atoms with Crippen LogP contribution in [0.25, 0.3) is 0 Å². The van der Waals surface area contributed by atoms with Crippen molar-refractivity contribution in [2.75, 3.05) is 0 Å². The zero-order valence-corrected chi connectivity index (χ0v) is 16.2. The summed E-state index contributed by atoms with van der Waals surface area (Å²) in [6.07, 6.45) is 0. The molecule has 0 unspecified atom stereocenters. The Hall–Kier alpha value is -7.20. The van der Waals surface area contributed by atoms with E-state index in [1.165, 1.54) is 0 Å². The summed E-state index contributed by atoms with van der Waals surface area (Å²) >= 11 is 0. The molecule has 0 aromatic carbocycles. The summed E-state index contributed by atoms with van der Waals surface area (Å²) in [4.78, 5) is 0. The Kier molecular flexibility index (Phi) is 22.2. The Morgan fingerprint density at radius 1 is 0.139 bits per heavy atom. The van der Waals surface area contributed by atoms with Gasteiger partial charge in [-0.15, -0.1) is 0 Å². The number of hydrogen-bond acceptors (Lipinski definition) is 2. The predicted molar refractivity (Wildman–Crippen MR) is 88.0 cm³/mol. The van der Waals surface area contributed by atoms with Crippen LogP contribution in [0.1, 0.15) is 0 Å². The molecule has 0 aliphatic rings. The molecule has 182 valence electrons. The summed E-state index contributed by atoms with van der Waals surface area (Å²) in [6.45, 7) is 0. The minimum atomic E-state index is 2.50. The van der Waals surface area contributed by atoms with E-state index in [9.17, 15) is 0 Å². The molecule has 36 nitrogen and oxygen atoms in total. The molecule has 36 heteroatoms. The van der Waals surface area contributed by atoms with E-state index >= 15 is 0 Å². The Morgan fingerprint density at radius 3 is 0.306 bits per heavy atom. The van der Waals surface area contributed by atoms with E-state index < -0.39 is 0 Å². The molecule has 0 aliphatic carbocycles. The highest BCUT2D eigenvalue weighted by atomic mass is 15.7. The molecule has 0 saturated carbocycles. The van der Waals surface area contributed by atoms with Gasteiger partial charge >= 0.3 is 0 Å². The molecule has 0 aromatic rings. The van der Waals surface area contributed by atoms with Gasteiger partial charge in [-0.1, -0.05) is 0 Å². The molecular weight excluding hydrogens is 504 g/mol. The second-order valence-corrected chi connectivity index (χ2v) is 3.06. The van der Waals surface area contributed by atoms with Crippen LogP contribution in [0.3, 0.4) is 0 Å². The molecule has 0 heterocycles. The molecule has 0 bridgehead atoms. The van der Waals surface area contributed by atoms with Crippen LogP contribution in [-0.4, -0.2) is 0 Å². The van der Waals surface area contributed by atoms with Crippen LogP contribution in [-0.2, 0) is 0 Å². The van der Waals surface area contributed by atoms with Gasteiger partial charge in [0.05, 0.1) is 0 Å². The van der Waals surface area contributed by atoms with Gasteiger partial charge in [-0.3, -0.25) is 0 Å². The minimum Gasteiger partial charge on any atom is -0.183 e. The number of nitrogens with one attached hydrogen (secondary N) is 2. The van der Waals surface area contributed by atoms with Crippen LogP contribution in [0.2, 0.25) is 0 Å². The highest BCUT2D eigenvalue weighted by Crippen LogP contribution is 1.91. The van der Waals surface area contributed by atoms with Crippen LogP contribution in [0.15, 0.2) is 178 Å².